The Bertz CT molecular complexity index is 662. The van der Waals surface area contributed by atoms with E-state index in [0.29, 0.717) is 24.2 Å². The maximum Gasteiger partial charge on any atom is 0.0458 e. The Morgan fingerprint density at radius 3 is 1.43 bits per heavy atom. The minimum Gasteiger partial charge on any atom is -2.00 e. The monoisotopic (exact) mass is 610 g/mol. The fourth-order valence-corrected chi connectivity index (χ4v) is 2.01. The van der Waals surface area contributed by atoms with Crippen molar-refractivity contribution in [2.75, 3.05) is 20.2 Å². The molecule has 8 heteroatoms. The summed E-state index contributed by atoms with van der Waals surface area (Å²) >= 11 is 0. The van der Waals surface area contributed by atoms with Crippen LogP contribution in [0.5, 0.6) is 11.5 Å². The maximum atomic E-state index is 11.6. The predicted octanol–water partition coefficient (Wildman–Crippen LogP) is 1.77. The van der Waals surface area contributed by atoms with Gasteiger partial charge < -0.3 is 26.3 Å². The van der Waals surface area contributed by atoms with Crippen molar-refractivity contribution < 1.29 is 57.4 Å². The molecular weight excluding hydrogens is 586 g/mol. The van der Waals surface area contributed by atoms with Gasteiger partial charge in [0.2, 0.25) is 0 Å². The number of rotatable bonds is 6. The topological polar surface area (TPSA) is 148 Å². The van der Waals surface area contributed by atoms with Gasteiger partial charge in [-0.25, -0.2) is 0 Å². The third-order valence-electron chi connectivity index (χ3n) is 3.34. The number of benzene rings is 2. The van der Waals surface area contributed by atoms with Gasteiger partial charge in [0.1, 0.15) is 0 Å². The average Bonchev–Trinajstić information content (AvgIpc) is 2.60. The Balaban J connectivity index is -0.00000121. The summed E-state index contributed by atoms with van der Waals surface area (Å²) in [5.41, 5.74) is 1.03. The van der Waals surface area contributed by atoms with Crippen LogP contribution < -0.4 is 10.2 Å². The second-order valence-corrected chi connectivity index (χ2v) is 6.18. The molecule has 0 radical (unpaired) electrons. The molecule has 0 aliphatic rings. The number of nitrogens with zero attached hydrogens (tertiary/aromatic N) is 2. The summed E-state index contributed by atoms with van der Waals surface area (Å²) < 4.78 is 0. The Morgan fingerprint density at radius 1 is 0.786 bits per heavy atom. The van der Waals surface area contributed by atoms with Crippen molar-refractivity contribution in [3.05, 3.63) is 59.7 Å². The van der Waals surface area contributed by atoms with E-state index in [1.807, 2.05) is 26.0 Å². The molecule has 0 saturated heterocycles. The van der Waals surface area contributed by atoms with Gasteiger partial charge in [0, 0.05) is 69.2 Å². The second-order valence-electron chi connectivity index (χ2n) is 6.18. The number of aliphatic hydroxyl groups excluding tert-OH is 1. The predicted molar refractivity (Wildman–Crippen MR) is 100.0 cm³/mol. The first-order valence-electron chi connectivity index (χ1n) is 7.94. The van der Waals surface area contributed by atoms with Crippen molar-refractivity contribution in [1.82, 2.24) is 0 Å². The molecule has 1 N–H and O–H groups in total. The van der Waals surface area contributed by atoms with Gasteiger partial charge in [-0.3, -0.25) is 9.98 Å². The molecule has 0 amide bonds. The van der Waals surface area contributed by atoms with Crippen molar-refractivity contribution in [2.24, 2.45) is 15.4 Å². The van der Waals surface area contributed by atoms with E-state index in [4.69, 9.17) is 5.11 Å². The van der Waals surface area contributed by atoms with Gasteiger partial charge in [-0.15, -0.1) is 11.5 Å². The molecule has 0 aliphatic heterocycles. The fraction of sp³-hybridized carbons (Fsp3) is 0.300. The van der Waals surface area contributed by atoms with Crippen molar-refractivity contribution in [2.45, 2.75) is 13.8 Å². The van der Waals surface area contributed by atoms with Crippen molar-refractivity contribution >= 4 is 12.4 Å². The third kappa shape index (κ3) is 11.2. The summed E-state index contributed by atoms with van der Waals surface area (Å²) in [6.07, 6.45) is 3.22. The van der Waals surface area contributed by atoms with Gasteiger partial charge in [0.05, 0.1) is 0 Å². The molecule has 0 fully saturated rings. The van der Waals surface area contributed by atoms with Crippen molar-refractivity contribution in [1.29, 1.82) is 0 Å². The molecule has 0 unspecified atom stereocenters. The average molecular weight is 610 g/mol. The van der Waals surface area contributed by atoms with Crippen LogP contribution in [0, 0.1) is 36.5 Å². The summed E-state index contributed by atoms with van der Waals surface area (Å²) in [5, 5.41) is 30.2. The van der Waals surface area contributed by atoms with E-state index in [-0.39, 0.29) is 59.0 Å². The number of hydrogen-bond acceptors (Lipinski definition) is 5. The summed E-state index contributed by atoms with van der Waals surface area (Å²) in [6, 6.07) is 13.6. The summed E-state index contributed by atoms with van der Waals surface area (Å²) in [4.78, 5) is 8.71. The zero-order chi connectivity index (χ0) is 18.7. The molecule has 0 spiro atoms. The largest absolute Gasteiger partial charge is 2.00 e. The molecule has 0 aromatic heterocycles. The standard InChI is InChI=1S/C19H22N2O2.CH4O.2O.U/c1-19(2,13-20-11-15-7-3-5-9-17(15)22)14-21-12-16-8-4-6-10-18(16)23;1-2;;;/h3-12,22-23H,13-14H2,1-2H3;2H,1H3;;;/q;;2*-2;/p-2. The summed E-state index contributed by atoms with van der Waals surface area (Å²) in [5.74, 6) is -0.0572. The maximum absolute atomic E-state index is 11.6. The van der Waals surface area contributed by atoms with Crippen LogP contribution in [0.1, 0.15) is 25.0 Å². The molecule has 0 atom stereocenters. The molecule has 0 bridgehead atoms. The van der Waals surface area contributed by atoms with Crippen LogP contribution in [0.25, 0.3) is 0 Å². The van der Waals surface area contributed by atoms with Gasteiger partial charge >= 0.3 is 0 Å². The van der Waals surface area contributed by atoms with E-state index in [0.717, 1.165) is 7.11 Å². The van der Waals surface area contributed by atoms with Crippen LogP contribution in [0.4, 0.5) is 0 Å². The molecule has 154 valence electrons. The van der Waals surface area contributed by atoms with E-state index < -0.39 is 0 Å². The number of aliphatic hydroxyl groups is 1. The van der Waals surface area contributed by atoms with Crippen LogP contribution in [0.3, 0.4) is 0 Å². The van der Waals surface area contributed by atoms with Gasteiger partial charge in [-0.05, 0) is 11.1 Å². The van der Waals surface area contributed by atoms with E-state index in [2.05, 4.69) is 9.98 Å². The fourth-order valence-electron chi connectivity index (χ4n) is 2.01. The summed E-state index contributed by atoms with van der Waals surface area (Å²) in [7, 11) is 1.00. The Morgan fingerprint density at radius 2 is 1.11 bits per heavy atom. The van der Waals surface area contributed by atoms with Crippen LogP contribution in [-0.4, -0.2) is 37.7 Å². The molecule has 2 rings (SSSR count). The molecule has 0 heterocycles. The van der Waals surface area contributed by atoms with Gasteiger partial charge in [-0.2, -0.15) is 0 Å². The van der Waals surface area contributed by atoms with Crippen LogP contribution in [-0.2, 0) is 11.0 Å². The Labute approximate surface area is 189 Å². The molecule has 2 aromatic carbocycles. The smallest absolute Gasteiger partial charge is 0.0458 e. The number of hydrogen-bond donors (Lipinski definition) is 1. The quantitative estimate of drug-likeness (QED) is 0.497. The minimum atomic E-state index is -0.150. The minimum absolute atomic E-state index is 0. The van der Waals surface area contributed by atoms with Gasteiger partial charge in [0.15, 0.2) is 0 Å². The first-order chi connectivity index (χ1) is 12.0. The van der Waals surface area contributed by atoms with Crippen LogP contribution >= 0.6 is 0 Å². The normalized spacial score (nSPS) is 10.3. The molecule has 0 saturated carbocycles. The van der Waals surface area contributed by atoms with Crippen LogP contribution in [0.2, 0.25) is 0 Å². The molecule has 28 heavy (non-hydrogen) atoms. The Kier molecular flexibility index (Phi) is 18.0. The van der Waals surface area contributed by atoms with Crippen LogP contribution in [0.15, 0.2) is 58.5 Å². The molecule has 7 nitrogen and oxygen atoms in total. The SMILES string of the molecule is CC(C)(CN=Cc1ccccc1[O-])CN=Cc1ccccc1[O-].CO.[O-2].[O-2].[U]. The molecular formula is C20H24N2O5U-6. The third-order valence-corrected chi connectivity index (χ3v) is 3.34. The van der Waals surface area contributed by atoms with Gasteiger partial charge in [0.25, 0.3) is 0 Å². The van der Waals surface area contributed by atoms with E-state index in [9.17, 15) is 10.2 Å². The zero-order valence-corrected chi connectivity index (χ0v) is 20.3. The number of aliphatic imine (C=N–C) groups is 2. The summed E-state index contributed by atoms with van der Waals surface area (Å²) in [6.45, 7) is 5.21. The van der Waals surface area contributed by atoms with Crippen molar-refractivity contribution in [3.63, 3.8) is 0 Å². The molecule has 0 aliphatic carbocycles. The first kappa shape index (κ1) is 31.0. The number of para-hydroxylation sites is 2. The zero-order valence-electron chi connectivity index (χ0n) is 16.2. The van der Waals surface area contributed by atoms with E-state index in [1.165, 1.54) is 12.1 Å². The van der Waals surface area contributed by atoms with Crippen molar-refractivity contribution in [3.8, 4) is 11.5 Å². The van der Waals surface area contributed by atoms with E-state index in [1.54, 1.807) is 36.7 Å². The first-order valence-corrected chi connectivity index (χ1v) is 7.94. The Hall–Kier alpha value is -1.69. The molecule has 2 aromatic rings. The van der Waals surface area contributed by atoms with Gasteiger partial charge in [-0.1, -0.05) is 62.4 Å². The second kappa shape index (κ2) is 16.3. The van der Waals surface area contributed by atoms with E-state index >= 15 is 0 Å².